The maximum Gasteiger partial charge on any atom is 0.250 e. The fraction of sp³-hybridized carbons (Fsp3) is 0.444. The molecule has 3 aromatic heterocycles. The molecule has 5 rings (SSSR count). The predicted molar refractivity (Wildman–Crippen MR) is 94.8 cm³/mol. The van der Waals surface area contributed by atoms with Gasteiger partial charge < -0.3 is 9.47 Å². The Bertz CT molecular complexity index is 1040. The molecule has 0 amide bonds. The quantitative estimate of drug-likeness (QED) is 0.673. The van der Waals surface area contributed by atoms with Gasteiger partial charge in [0.25, 0.3) is 5.56 Å². The van der Waals surface area contributed by atoms with E-state index in [0.717, 1.165) is 54.4 Å². The van der Waals surface area contributed by atoms with Gasteiger partial charge >= 0.3 is 0 Å². The Labute approximate surface area is 144 Å². The van der Waals surface area contributed by atoms with Gasteiger partial charge in [0, 0.05) is 44.4 Å². The van der Waals surface area contributed by atoms with Gasteiger partial charge in [0.1, 0.15) is 11.6 Å². The van der Waals surface area contributed by atoms with Crippen LogP contribution in [0.25, 0.3) is 11.0 Å². The summed E-state index contributed by atoms with van der Waals surface area (Å²) in [5.74, 6) is 2.56. The van der Waals surface area contributed by atoms with E-state index in [1.54, 1.807) is 10.7 Å². The number of pyridine rings is 1. The Morgan fingerprint density at radius 3 is 2.92 bits per heavy atom. The number of aromatic nitrogens is 5. The second kappa shape index (κ2) is 5.15. The average molecular weight is 336 g/mol. The summed E-state index contributed by atoms with van der Waals surface area (Å²) in [7, 11) is 1.91. The summed E-state index contributed by atoms with van der Waals surface area (Å²) in [4.78, 5) is 23.8. The summed E-state index contributed by atoms with van der Waals surface area (Å²) in [6, 6.07) is 5.63. The maximum atomic E-state index is 12.2. The van der Waals surface area contributed by atoms with Crippen molar-refractivity contribution in [2.24, 2.45) is 13.0 Å². The normalized spacial score (nSPS) is 22.2. The molecule has 2 aliphatic heterocycles. The Hall–Kier alpha value is -2.70. The van der Waals surface area contributed by atoms with E-state index in [2.05, 4.69) is 21.0 Å². The van der Waals surface area contributed by atoms with Gasteiger partial charge in [-0.3, -0.25) is 9.48 Å². The van der Waals surface area contributed by atoms with Crippen LogP contribution in [0.3, 0.4) is 0 Å². The minimum Gasteiger partial charge on any atom is -0.355 e. The Morgan fingerprint density at radius 2 is 2.04 bits per heavy atom. The molecule has 128 valence electrons. The van der Waals surface area contributed by atoms with Crippen LogP contribution < -0.4 is 10.5 Å². The van der Waals surface area contributed by atoms with E-state index >= 15 is 0 Å². The van der Waals surface area contributed by atoms with Gasteiger partial charge in [0.2, 0.25) is 0 Å². The van der Waals surface area contributed by atoms with Crippen LogP contribution in [0.15, 0.2) is 29.2 Å². The lowest BCUT2D eigenvalue weighted by Crippen LogP contribution is -2.47. The first kappa shape index (κ1) is 14.6. The Morgan fingerprint density at radius 1 is 1.16 bits per heavy atom. The molecule has 25 heavy (non-hydrogen) atoms. The van der Waals surface area contributed by atoms with Gasteiger partial charge in [-0.1, -0.05) is 6.07 Å². The lowest BCUT2D eigenvalue weighted by molar-refractivity contribution is 0.281. The van der Waals surface area contributed by atoms with E-state index in [1.165, 1.54) is 0 Å². The van der Waals surface area contributed by atoms with Crippen LogP contribution in [-0.4, -0.2) is 37.4 Å². The van der Waals surface area contributed by atoms with E-state index in [1.807, 2.05) is 30.8 Å². The van der Waals surface area contributed by atoms with Crippen LogP contribution in [0.5, 0.6) is 0 Å². The number of hydrogen-bond donors (Lipinski definition) is 0. The highest BCUT2D eigenvalue weighted by molar-refractivity contribution is 5.87. The number of aryl methyl sites for hydroxylation is 2. The molecule has 2 unspecified atom stereocenters. The largest absolute Gasteiger partial charge is 0.355 e. The van der Waals surface area contributed by atoms with Crippen molar-refractivity contribution in [2.75, 3.05) is 18.0 Å². The minimum absolute atomic E-state index is 0.119. The highest BCUT2D eigenvalue weighted by Crippen LogP contribution is 2.37. The second-order valence-corrected chi connectivity index (χ2v) is 7.20. The van der Waals surface area contributed by atoms with Crippen molar-refractivity contribution in [3.8, 4) is 0 Å². The molecule has 0 N–H and O–H groups in total. The third-order valence-electron chi connectivity index (χ3n) is 5.46. The summed E-state index contributed by atoms with van der Waals surface area (Å²) >= 11 is 0. The smallest absolute Gasteiger partial charge is 0.250 e. The van der Waals surface area contributed by atoms with Crippen molar-refractivity contribution in [2.45, 2.75) is 25.8 Å². The molecule has 2 aliphatic rings. The second-order valence-electron chi connectivity index (χ2n) is 7.20. The van der Waals surface area contributed by atoms with Crippen molar-refractivity contribution in [3.63, 3.8) is 0 Å². The van der Waals surface area contributed by atoms with Crippen molar-refractivity contribution in [3.05, 3.63) is 46.3 Å². The Balaban J connectivity index is 1.59. The summed E-state index contributed by atoms with van der Waals surface area (Å²) in [6.07, 6.45) is 2.99. The molecule has 7 heteroatoms. The van der Waals surface area contributed by atoms with E-state index in [9.17, 15) is 4.79 Å². The van der Waals surface area contributed by atoms with E-state index in [4.69, 9.17) is 4.98 Å². The molecule has 0 spiro atoms. The van der Waals surface area contributed by atoms with E-state index in [-0.39, 0.29) is 5.56 Å². The van der Waals surface area contributed by atoms with Gasteiger partial charge in [-0.2, -0.15) is 5.10 Å². The number of hydrogen-bond acceptors (Lipinski definition) is 5. The molecule has 2 bridgehead atoms. The lowest BCUT2D eigenvalue weighted by Gasteiger charge is -2.43. The summed E-state index contributed by atoms with van der Waals surface area (Å²) in [5.41, 5.74) is 2.14. The number of rotatable bonds is 1. The van der Waals surface area contributed by atoms with Crippen molar-refractivity contribution in [1.82, 2.24) is 24.3 Å². The van der Waals surface area contributed by atoms with Crippen LogP contribution in [-0.2, 0) is 13.6 Å². The first-order valence-corrected chi connectivity index (χ1v) is 8.71. The van der Waals surface area contributed by atoms with Gasteiger partial charge in [-0.15, -0.1) is 0 Å². The topological polar surface area (TPSA) is 68.8 Å². The molecule has 1 saturated heterocycles. The summed E-state index contributed by atoms with van der Waals surface area (Å²) in [6.45, 7) is 4.51. The van der Waals surface area contributed by atoms with Gasteiger partial charge in [-0.05, 0) is 25.3 Å². The zero-order valence-corrected chi connectivity index (χ0v) is 14.4. The Kier molecular flexibility index (Phi) is 3.01. The van der Waals surface area contributed by atoms with Gasteiger partial charge in [0.05, 0.1) is 11.6 Å². The molecule has 1 fully saturated rings. The van der Waals surface area contributed by atoms with Crippen molar-refractivity contribution in [1.29, 1.82) is 0 Å². The molecular weight excluding hydrogens is 316 g/mol. The predicted octanol–water partition coefficient (Wildman–Crippen LogP) is 1.46. The first-order chi connectivity index (χ1) is 12.1. The maximum absolute atomic E-state index is 12.2. The lowest BCUT2D eigenvalue weighted by atomic mass is 9.83. The monoisotopic (exact) mass is 336 g/mol. The molecule has 0 saturated carbocycles. The first-order valence-electron chi connectivity index (χ1n) is 8.71. The highest BCUT2D eigenvalue weighted by atomic mass is 16.1. The standard InChI is InChI=1S/C18H20N6O/c1-11-20-17-14(7-19-22(17)2)18(21-11)23-8-12-6-13(10-23)15-4-3-5-16(25)24(15)9-12/h3-5,7,12-13H,6,8-10H2,1-2H3. The number of piperidine rings is 1. The van der Waals surface area contributed by atoms with Crippen LogP contribution in [0, 0.1) is 12.8 Å². The molecule has 2 atom stereocenters. The van der Waals surface area contributed by atoms with Crippen molar-refractivity contribution < 1.29 is 0 Å². The zero-order chi connectivity index (χ0) is 17.1. The number of fused-ring (bicyclic) bond motifs is 5. The number of anilines is 1. The minimum atomic E-state index is 0.119. The SMILES string of the molecule is Cc1nc(N2CC3CC(C2)c2cccc(=O)n2C3)c2cnn(C)c2n1. The fourth-order valence-corrected chi connectivity index (χ4v) is 4.42. The molecular formula is C18H20N6O. The van der Waals surface area contributed by atoms with E-state index < -0.39 is 0 Å². The van der Waals surface area contributed by atoms with Gasteiger partial charge in [0.15, 0.2) is 5.65 Å². The summed E-state index contributed by atoms with van der Waals surface area (Å²) < 4.78 is 3.76. The van der Waals surface area contributed by atoms with Gasteiger partial charge in [-0.25, -0.2) is 9.97 Å². The van der Waals surface area contributed by atoms with Crippen LogP contribution in [0.2, 0.25) is 0 Å². The number of nitrogens with zero attached hydrogens (tertiary/aromatic N) is 6. The molecule has 0 aromatic carbocycles. The molecule has 5 heterocycles. The highest BCUT2D eigenvalue weighted by Gasteiger charge is 2.35. The third-order valence-corrected chi connectivity index (χ3v) is 5.46. The average Bonchev–Trinajstić information content (AvgIpc) is 2.96. The van der Waals surface area contributed by atoms with Crippen LogP contribution in [0.4, 0.5) is 5.82 Å². The van der Waals surface area contributed by atoms with Crippen molar-refractivity contribution >= 4 is 16.9 Å². The van der Waals surface area contributed by atoms with E-state index in [0.29, 0.717) is 11.8 Å². The molecule has 0 radical (unpaired) electrons. The molecule has 3 aromatic rings. The summed E-state index contributed by atoms with van der Waals surface area (Å²) in [5, 5.41) is 5.35. The van der Waals surface area contributed by atoms with Crippen LogP contribution in [0.1, 0.15) is 23.9 Å². The third kappa shape index (κ3) is 2.18. The molecule has 0 aliphatic carbocycles. The zero-order valence-electron chi connectivity index (χ0n) is 14.4. The van der Waals surface area contributed by atoms with Crippen LogP contribution >= 0.6 is 0 Å². The molecule has 7 nitrogen and oxygen atoms in total. The fourth-order valence-electron chi connectivity index (χ4n) is 4.42.